The van der Waals surface area contributed by atoms with Gasteiger partial charge in [0.2, 0.25) is 5.91 Å². The molecular weight excluding hydrogens is 360 g/mol. The maximum atomic E-state index is 12.0. The molecule has 0 aliphatic carbocycles. The van der Waals surface area contributed by atoms with E-state index in [1.54, 1.807) is 0 Å². The molecule has 27 heavy (non-hydrogen) atoms. The first kappa shape index (κ1) is 23.7. The van der Waals surface area contributed by atoms with E-state index in [2.05, 4.69) is 53.2 Å². The SMILES string of the molecule is CCC(C)C(N)C(=O)NCCCCN1CCN(c2cccc(C)c2)CC1.Cl. The molecule has 5 nitrogen and oxygen atoms in total. The van der Waals surface area contributed by atoms with E-state index in [0.717, 1.165) is 58.5 Å². The number of nitrogens with two attached hydrogens (primary N) is 1. The van der Waals surface area contributed by atoms with Crippen LogP contribution in [0.2, 0.25) is 0 Å². The molecule has 1 heterocycles. The lowest BCUT2D eigenvalue weighted by Crippen LogP contribution is -2.47. The van der Waals surface area contributed by atoms with Crippen molar-refractivity contribution in [3.8, 4) is 0 Å². The van der Waals surface area contributed by atoms with Crippen LogP contribution in [0.25, 0.3) is 0 Å². The average Bonchev–Trinajstić information content (AvgIpc) is 2.66. The van der Waals surface area contributed by atoms with Gasteiger partial charge >= 0.3 is 0 Å². The fraction of sp³-hybridized carbons (Fsp3) is 0.667. The van der Waals surface area contributed by atoms with Crippen molar-refractivity contribution < 1.29 is 4.79 Å². The predicted molar refractivity (Wildman–Crippen MR) is 117 cm³/mol. The minimum absolute atomic E-state index is 0. The van der Waals surface area contributed by atoms with Gasteiger partial charge in [0, 0.05) is 38.4 Å². The standard InChI is InChI=1S/C21H36N4O.ClH/c1-4-18(3)20(22)21(26)23-10-5-6-11-24-12-14-25(15-13-24)19-9-7-8-17(2)16-19;/h7-9,16,18,20H,4-6,10-15,22H2,1-3H3,(H,23,26);1H. The quantitative estimate of drug-likeness (QED) is 0.630. The molecule has 0 spiro atoms. The molecule has 2 rings (SSSR count). The summed E-state index contributed by atoms with van der Waals surface area (Å²) in [5.41, 5.74) is 8.61. The molecule has 154 valence electrons. The second-order valence-corrected chi connectivity index (χ2v) is 7.58. The Labute approximate surface area is 171 Å². The maximum Gasteiger partial charge on any atom is 0.237 e. The van der Waals surface area contributed by atoms with E-state index in [9.17, 15) is 4.79 Å². The van der Waals surface area contributed by atoms with Crippen molar-refractivity contribution in [1.82, 2.24) is 10.2 Å². The number of benzene rings is 1. The van der Waals surface area contributed by atoms with Gasteiger partial charge in [-0.15, -0.1) is 12.4 Å². The number of hydrogen-bond donors (Lipinski definition) is 2. The van der Waals surface area contributed by atoms with Crippen molar-refractivity contribution in [2.24, 2.45) is 11.7 Å². The summed E-state index contributed by atoms with van der Waals surface area (Å²) >= 11 is 0. The Hall–Kier alpha value is -1.30. The number of aryl methyl sites for hydroxylation is 1. The van der Waals surface area contributed by atoms with Crippen LogP contribution in [0.4, 0.5) is 5.69 Å². The predicted octanol–water partition coefficient (Wildman–Crippen LogP) is 2.81. The number of unbranched alkanes of at least 4 members (excludes halogenated alkanes) is 1. The van der Waals surface area contributed by atoms with Gasteiger partial charge in [-0.05, 0) is 49.9 Å². The number of nitrogens with one attached hydrogen (secondary N) is 1. The first-order valence-corrected chi connectivity index (χ1v) is 10.1. The molecule has 1 fully saturated rings. The number of rotatable bonds is 9. The third-order valence-electron chi connectivity index (χ3n) is 5.50. The molecule has 0 bridgehead atoms. The van der Waals surface area contributed by atoms with Gasteiger partial charge < -0.3 is 16.0 Å². The first-order chi connectivity index (χ1) is 12.5. The van der Waals surface area contributed by atoms with E-state index in [0.29, 0.717) is 0 Å². The lowest BCUT2D eigenvalue weighted by atomic mass is 9.99. The second kappa shape index (κ2) is 12.2. The van der Waals surface area contributed by atoms with Crippen LogP contribution in [0, 0.1) is 12.8 Å². The van der Waals surface area contributed by atoms with Gasteiger partial charge in [0.1, 0.15) is 0 Å². The van der Waals surface area contributed by atoms with Crippen LogP contribution in [0.1, 0.15) is 38.7 Å². The third kappa shape index (κ3) is 7.68. The van der Waals surface area contributed by atoms with Crippen LogP contribution in [-0.4, -0.2) is 56.1 Å². The number of anilines is 1. The second-order valence-electron chi connectivity index (χ2n) is 7.58. The third-order valence-corrected chi connectivity index (χ3v) is 5.50. The van der Waals surface area contributed by atoms with E-state index >= 15 is 0 Å². The van der Waals surface area contributed by atoms with Crippen LogP contribution in [0.15, 0.2) is 24.3 Å². The Morgan fingerprint density at radius 3 is 2.56 bits per heavy atom. The zero-order chi connectivity index (χ0) is 18.9. The molecule has 0 aromatic heterocycles. The molecule has 1 saturated heterocycles. The lowest BCUT2D eigenvalue weighted by Gasteiger charge is -2.36. The molecule has 3 N–H and O–H groups in total. The Balaban J connectivity index is 0.00000364. The number of amides is 1. The number of piperazine rings is 1. The zero-order valence-electron chi connectivity index (χ0n) is 17.1. The molecule has 0 saturated carbocycles. The van der Waals surface area contributed by atoms with E-state index < -0.39 is 0 Å². The normalized spacial score (nSPS) is 17.1. The maximum absolute atomic E-state index is 12.0. The number of carbonyl (C=O) groups excluding carboxylic acids is 1. The van der Waals surface area contributed by atoms with Crippen molar-refractivity contribution in [1.29, 1.82) is 0 Å². The summed E-state index contributed by atoms with van der Waals surface area (Å²) in [4.78, 5) is 16.9. The highest BCUT2D eigenvalue weighted by atomic mass is 35.5. The highest BCUT2D eigenvalue weighted by molar-refractivity contribution is 5.85. The Bertz CT molecular complexity index is 561. The average molecular weight is 397 g/mol. The highest BCUT2D eigenvalue weighted by Gasteiger charge is 2.19. The summed E-state index contributed by atoms with van der Waals surface area (Å²) in [6, 6.07) is 8.37. The first-order valence-electron chi connectivity index (χ1n) is 10.1. The summed E-state index contributed by atoms with van der Waals surface area (Å²) in [5.74, 6) is 0.228. The number of nitrogens with zero attached hydrogens (tertiary/aromatic N) is 2. The summed E-state index contributed by atoms with van der Waals surface area (Å²) in [7, 11) is 0. The molecular formula is C21H37ClN4O. The van der Waals surface area contributed by atoms with Gasteiger partial charge in [-0.3, -0.25) is 9.69 Å². The number of halogens is 1. The van der Waals surface area contributed by atoms with Gasteiger partial charge in [-0.2, -0.15) is 0 Å². The van der Waals surface area contributed by atoms with Crippen molar-refractivity contribution in [2.75, 3.05) is 44.2 Å². The fourth-order valence-corrected chi connectivity index (χ4v) is 3.36. The van der Waals surface area contributed by atoms with Crippen LogP contribution in [0.5, 0.6) is 0 Å². The largest absolute Gasteiger partial charge is 0.369 e. The van der Waals surface area contributed by atoms with Crippen molar-refractivity contribution in [3.63, 3.8) is 0 Å². The molecule has 1 aromatic carbocycles. The minimum atomic E-state index is -0.380. The van der Waals surface area contributed by atoms with Gasteiger partial charge in [0.15, 0.2) is 0 Å². The molecule has 0 radical (unpaired) electrons. The van der Waals surface area contributed by atoms with E-state index in [4.69, 9.17) is 5.73 Å². The Kier molecular flexibility index (Phi) is 10.7. The van der Waals surface area contributed by atoms with Gasteiger partial charge in [0.05, 0.1) is 6.04 Å². The van der Waals surface area contributed by atoms with E-state index in [-0.39, 0.29) is 30.3 Å². The van der Waals surface area contributed by atoms with Gasteiger partial charge in [0.25, 0.3) is 0 Å². The summed E-state index contributed by atoms with van der Waals surface area (Å²) in [5, 5.41) is 2.98. The highest BCUT2D eigenvalue weighted by Crippen LogP contribution is 2.17. The molecule has 1 aliphatic rings. The van der Waals surface area contributed by atoms with Crippen LogP contribution in [0.3, 0.4) is 0 Å². The van der Waals surface area contributed by atoms with Crippen LogP contribution in [-0.2, 0) is 4.79 Å². The molecule has 1 aromatic rings. The summed E-state index contributed by atoms with van der Waals surface area (Å²) in [6.07, 6.45) is 3.06. The van der Waals surface area contributed by atoms with Gasteiger partial charge in [-0.25, -0.2) is 0 Å². The molecule has 2 unspecified atom stereocenters. The minimum Gasteiger partial charge on any atom is -0.369 e. The van der Waals surface area contributed by atoms with Crippen molar-refractivity contribution in [2.45, 2.75) is 46.1 Å². The van der Waals surface area contributed by atoms with Crippen LogP contribution >= 0.6 is 12.4 Å². The number of hydrogen-bond acceptors (Lipinski definition) is 4. The molecule has 6 heteroatoms. The molecule has 1 amide bonds. The zero-order valence-corrected chi connectivity index (χ0v) is 17.9. The molecule has 1 aliphatic heterocycles. The van der Waals surface area contributed by atoms with Crippen molar-refractivity contribution in [3.05, 3.63) is 29.8 Å². The number of carbonyl (C=O) groups is 1. The topological polar surface area (TPSA) is 61.6 Å². The Morgan fingerprint density at radius 1 is 1.22 bits per heavy atom. The molecule has 2 atom stereocenters. The lowest BCUT2D eigenvalue weighted by molar-refractivity contribution is -0.123. The van der Waals surface area contributed by atoms with Crippen molar-refractivity contribution >= 4 is 24.0 Å². The fourth-order valence-electron chi connectivity index (χ4n) is 3.36. The smallest absolute Gasteiger partial charge is 0.237 e. The van der Waals surface area contributed by atoms with Gasteiger partial charge in [-0.1, -0.05) is 32.4 Å². The summed E-state index contributed by atoms with van der Waals surface area (Å²) in [6.45, 7) is 12.5. The van der Waals surface area contributed by atoms with E-state index in [1.807, 2.05) is 6.92 Å². The monoisotopic (exact) mass is 396 g/mol. The van der Waals surface area contributed by atoms with E-state index in [1.165, 1.54) is 11.3 Å². The summed E-state index contributed by atoms with van der Waals surface area (Å²) < 4.78 is 0. The van der Waals surface area contributed by atoms with Crippen LogP contribution < -0.4 is 16.0 Å². The Morgan fingerprint density at radius 2 is 1.93 bits per heavy atom.